The third-order valence-electron chi connectivity index (χ3n) is 2.86. The van der Waals surface area contributed by atoms with Crippen LogP contribution in [0.2, 0.25) is 5.02 Å². The molecule has 0 radical (unpaired) electrons. The highest BCUT2D eigenvalue weighted by molar-refractivity contribution is 6.34. The zero-order chi connectivity index (χ0) is 10.6. The molecule has 0 atom stereocenters. The van der Waals surface area contributed by atoms with Gasteiger partial charge >= 0.3 is 0 Å². The van der Waals surface area contributed by atoms with Crippen molar-refractivity contribution in [2.24, 2.45) is 4.99 Å². The average molecular weight is 223 g/mol. The lowest BCUT2D eigenvalue weighted by Gasteiger charge is -2.12. The molecule has 0 aromatic heterocycles. The van der Waals surface area contributed by atoms with Gasteiger partial charge in [-0.25, -0.2) is 0 Å². The molecular formula is C10H11ClN4. The smallest absolute Gasteiger partial charge is 0.205 e. The number of aliphatic imine (C=N–C) groups is 1. The third kappa shape index (κ3) is 1.05. The minimum atomic E-state index is 0.607. The minimum absolute atomic E-state index is 0.607. The Morgan fingerprint density at radius 2 is 2.20 bits per heavy atom. The van der Waals surface area contributed by atoms with Gasteiger partial charge in [0, 0.05) is 13.6 Å². The Balaban J connectivity index is 2.22. The van der Waals surface area contributed by atoms with E-state index in [-0.39, 0.29) is 0 Å². The van der Waals surface area contributed by atoms with E-state index in [4.69, 9.17) is 17.3 Å². The normalized spacial score (nSPS) is 17.9. The van der Waals surface area contributed by atoms with Crippen LogP contribution in [-0.4, -0.2) is 26.1 Å². The number of fused-ring (bicyclic) bond motifs is 3. The topological polar surface area (TPSA) is 44.9 Å². The van der Waals surface area contributed by atoms with Crippen LogP contribution in [0.1, 0.15) is 0 Å². The second-order valence-corrected chi connectivity index (χ2v) is 4.16. The lowest BCUT2D eigenvalue weighted by molar-refractivity contribution is 1.03. The van der Waals surface area contributed by atoms with Gasteiger partial charge in [0.15, 0.2) is 0 Å². The first-order valence-corrected chi connectivity index (χ1v) is 5.21. The van der Waals surface area contributed by atoms with Gasteiger partial charge < -0.3 is 15.5 Å². The van der Waals surface area contributed by atoms with E-state index in [1.807, 2.05) is 19.2 Å². The first kappa shape index (κ1) is 8.85. The Morgan fingerprint density at radius 1 is 1.40 bits per heavy atom. The highest BCUT2D eigenvalue weighted by atomic mass is 35.5. The average Bonchev–Trinajstić information content (AvgIpc) is 2.75. The molecule has 1 aromatic rings. The van der Waals surface area contributed by atoms with Gasteiger partial charge in [-0.3, -0.25) is 4.99 Å². The number of guanidine groups is 1. The zero-order valence-corrected chi connectivity index (χ0v) is 9.12. The third-order valence-corrected chi connectivity index (χ3v) is 3.19. The van der Waals surface area contributed by atoms with Gasteiger partial charge in [-0.15, -0.1) is 0 Å². The van der Waals surface area contributed by atoms with Crippen molar-refractivity contribution >= 4 is 34.6 Å². The largest absolute Gasteiger partial charge is 0.397 e. The Bertz CT molecular complexity index is 469. The number of hydrogen-bond acceptors (Lipinski definition) is 4. The quantitative estimate of drug-likeness (QED) is 0.678. The van der Waals surface area contributed by atoms with Gasteiger partial charge in [-0.05, 0) is 12.1 Å². The van der Waals surface area contributed by atoms with Crippen LogP contribution in [0.4, 0.5) is 17.1 Å². The van der Waals surface area contributed by atoms with Crippen LogP contribution in [0.3, 0.4) is 0 Å². The Morgan fingerprint density at radius 3 is 3.00 bits per heavy atom. The van der Waals surface area contributed by atoms with Gasteiger partial charge in [0.05, 0.1) is 28.6 Å². The van der Waals surface area contributed by atoms with Crippen LogP contribution in [0, 0.1) is 0 Å². The van der Waals surface area contributed by atoms with Crippen molar-refractivity contribution in [2.75, 3.05) is 35.7 Å². The molecule has 5 heteroatoms. The first-order chi connectivity index (χ1) is 7.18. The fraction of sp³-hybridized carbons (Fsp3) is 0.300. The molecule has 1 aromatic carbocycles. The maximum atomic E-state index is 6.02. The number of nitrogens with zero attached hydrogens (tertiary/aromatic N) is 3. The van der Waals surface area contributed by atoms with Gasteiger partial charge in [0.2, 0.25) is 5.96 Å². The molecule has 2 N–H and O–H groups in total. The number of nitrogens with two attached hydrogens (primary N) is 1. The Hall–Kier alpha value is -1.42. The lowest BCUT2D eigenvalue weighted by Crippen LogP contribution is -2.32. The van der Waals surface area contributed by atoms with E-state index >= 15 is 0 Å². The predicted molar refractivity (Wildman–Crippen MR) is 63.9 cm³/mol. The molecule has 2 aliphatic rings. The highest BCUT2D eigenvalue weighted by Gasteiger charge is 2.33. The molecule has 2 aliphatic heterocycles. The number of rotatable bonds is 0. The molecule has 0 saturated carbocycles. The molecule has 0 spiro atoms. The molecule has 3 rings (SSSR count). The maximum absolute atomic E-state index is 6.02. The fourth-order valence-corrected chi connectivity index (χ4v) is 2.27. The highest BCUT2D eigenvalue weighted by Crippen LogP contribution is 2.41. The van der Waals surface area contributed by atoms with Crippen molar-refractivity contribution in [3.63, 3.8) is 0 Å². The van der Waals surface area contributed by atoms with Crippen LogP contribution in [0.15, 0.2) is 17.1 Å². The summed E-state index contributed by atoms with van der Waals surface area (Å²) in [4.78, 5) is 8.66. The van der Waals surface area contributed by atoms with Gasteiger partial charge in [-0.1, -0.05) is 11.6 Å². The molecule has 2 heterocycles. The monoisotopic (exact) mass is 222 g/mol. The molecule has 15 heavy (non-hydrogen) atoms. The summed E-state index contributed by atoms with van der Waals surface area (Å²) in [6.45, 7) is 1.77. The fourth-order valence-electron chi connectivity index (χ4n) is 2.11. The zero-order valence-electron chi connectivity index (χ0n) is 8.37. The number of halogens is 1. The molecule has 0 bridgehead atoms. The van der Waals surface area contributed by atoms with Crippen molar-refractivity contribution in [3.05, 3.63) is 17.2 Å². The number of benzene rings is 1. The molecule has 78 valence electrons. The van der Waals surface area contributed by atoms with E-state index in [0.717, 1.165) is 30.4 Å². The van der Waals surface area contributed by atoms with E-state index in [9.17, 15) is 0 Å². The van der Waals surface area contributed by atoms with Gasteiger partial charge in [0.25, 0.3) is 0 Å². The summed E-state index contributed by atoms with van der Waals surface area (Å²) in [5.74, 6) is 0.992. The second kappa shape index (κ2) is 2.79. The standard InChI is InChI=1S/C10H11ClN4/c1-14-8-5-7(12)6(11)4-9(8)15-3-2-13-10(14)15/h4-5H,2-3,12H2,1H3. The molecule has 4 nitrogen and oxygen atoms in total. The summed E-state index contributed by atoms with van der Waals surface area (Å²) in [7, 11) is 2.00. The van der Waals surface area contributed by atoms with E-state index in [1.165, 1.54) is 0 Å². The summed E-state index contributed by atoms with van der Waals surface area (Å²) in [6.07, 6.45) is 0. The summed E-state index contributed by atoms with van der Waals surface area (Å²) >= 11 is 6.02. The molecule has 0 unspecified atom stereocenters. The number of anilines is 3. The Kier molecular flexibility index (Phi) is 1.65. The molecule has 0 aliphatic carbocycles. The molecular weight excluding hydrogens is 212 g/mol. The van der Waals surface area contributed by atoms with E-state index in [0.29, 0.717) is 10.7 Å². The predicted octanol–water partition coefficient (Wildman–Crippen LogP) is 1.55. The molecule has 0 amide bonds. The van der Waals surface area contributed by atoms with Crippen molar-refractivity contribution < 1.29 is 0 Å². The van der Waals surface area contributed by atoms with Crippen LogP contribution >= 0.6 is 11.6 Å². The van der Waals surface area contributed by atoms with E-state index < -0.39 is 0 Å². The van der Waals surface area contributed by atoms with Gasteiger partial charge in [0.1, 0.15) is 0 Å². The molecule has 0 saturated heterocycles. The SMILES string of the molecule is CN1C2=NCCN2c2cc(Cl)c(N)cc21. The van der Waals surface area contributed by atoms with E-state index in [2.05, 4.69) is 14.8 Å². The maximum Gasteiger partial charge on any atom is 0.205 e. The van der Waals surface area contributed by atoms with Crippen molar-refractivity contribution in [1.29, 1.82) is 0 Å². The van der Waals surface area contributed by atoms with Crippen LogP contribution in [0.25, 0.3) is 0 Å². The van der Waals surface area contributed by atoms with Crippen LogP contribution in [0.5, 0.6) is 0 Å². The van der Waals surface area contributed by atoms with Crippen LogP contribution in [-0.2, 0) is 0 Å². The first-order valence-electron chi connectivity index (χ1n) is 4.83. The van der Waals surface area contributed by atoms with Crippen molar-refractivity contribution in [1.82, 2.24) is 0 Å². The summed E-state index contributed by atoms with van der Waals surface area (Å²) in [6, 6.07) is 3.81. The van der Waals surface area contributed by atoms with E-state index in [1.54, 1.807) is 0 Å². The summed E-state index contributed by atoms with van der Waals surface area (Å²) < 4.78 is 0. The summed E-state index contributed by atoms with van der Waals surface area (Å²) in [5.41, 5.74) is 8.59. The van der Waals surface area contributed by atoms with Crippen LogP contribution < -0.4 is 15.5 Å². The second-order valence-electron chi connectivity index (χ2n) is 3.75. The lowest BCUT2D eigenvalue weighted by atomic mass is 10.2. The number of nitrogen functional groups attached to an aromatic ring is 1. The van der Waals surface area contributed by atoms with Crippen molar-refractivity contribution in [2.45, 2.75) is 0 Å². The van der Waals surface area contributed by atoms with Crippen molar-refractivity contribution in [3.8, 4) is 0 Å². The van der Waals surface area contributed by atoms with Gasteiger partial charge in [-0.2, -0.15) is 0 Å². The number of hydrogen-bond donors (Lipinski definition) is 1. The Labute approximate surface area is 92.9 Å². The minimum Gasteiger partial charge on any atom is -0.397 e. The summed E-state index contributed by atoms with van der Waals surface area (Å²) in [5, 5.41) is 0.607. The molecule has 0 fully saturated rings.